The van der Waals surface area contributed by atoms with Gasteiger partial charge in [-0.15, -0.1) is 0 Å². The number of phenols is 1. The van der Waals surface area contributed by atoms with E-state index >= 15 is 0 Å². The molecule has 1 aromatic carbocycles. The molecule has 0 saturated heterocycles. The molecule has 1 aromatic heterocycles. The Kier molecular flexibility index (Phi) is 2.51. The predicted molar refractivity (Wildman–Crippen MR) is 64.5 cm³/mol. The van der Waals surface area contributed by atoms with Gasteiger partial charge in [-0.05, 0) is 37.1 Å². The normalized spacial score (nSPS) is 14.4. The predicted octanol–water partition coefficient (Wildman–Crippen LogP) is 2.51. The molecular formula is C13H12N2O3. The second-order valence-corrected chi connectivity index (χ2v) is 4.38. The van der Waals surface area contributed by atoms with Gasteiger partial charge in [0.2, 0.25) is 0 Å². The van der Waals surface area contributed by atoms with Gasteiger partial charge in [0.05, 0.1) is 6.20 Å². The molecule has 0 aliphatic heterocycles. The lowest BCUT2D eigenvalue weighted by Gasteiger charge is -2.04. The van der Waals surface area contributed by atoms with Crippen molar-refractivity contribution >= 4 is 11.6 Å². The molecule has 3 rings (SSSR count). The first-order valence-electron chi connectivity index (χ1n) is 5.79. The molecule has 2 aromatic rings. The molecule has 1 fully saturated rings. The standard InChI is InChI=1S/C13H12N2O3/c16-10-5-3-9(4-6-10)15-13(17)11-7-14-18-12(11)8-1-2-8/h3-8,16H,1-2H2,(H,15,17). The fourth-order valence-electron chi connectivity index (χ4n) is 1.80. The Morgan fingerprint density at radius 1 is 1.33 bits per heavy atom. The molecule has 92 valence electrons. The summed E-state index contributed by atoms with van der Waals surface area (Å²) in [5.74, 6) is 0.944. The van der Waals surface area contributed by atoms with Crippen LogP contribution in [0.5, 0.6) is 5.75 Å². The maximum Gasteiger partial charge on any atom is 0.260 e. The molecule has 1 aliphatic rings. The average molecular weight is 244 g/mol. The zero-order valence-corrected chi connectivity index (χ0v) is 9.59. The maximum atomic E-state index is 12.0. The lowest BCUT2D eigenvalue weighted by atomic mass is 10.2. The quantitative estimate of drug-likeness (QED) is 0.813. The van der Waals surface area contributed by atoms with Crippen LogP contribution < -0.4 is 5.32 Å². The summed E-state index contributed by atoms with van der Waals surface area (Å²) in [6.45, 7) is 0. The maximum absolute atomic E-state index is 12.0. The van der Waals surface area contributed by atoms with Crippen LogP contribution in [0.3, 0.4) is 0 Å². The second kappa shape index (κ2) is 4.18. The fourth-order valence-corrected chi connectivity index (χ4v) is 1.80. The number of nitrogens with one attached hydrogen (secondary N) is 1. The van der Waals surface area contributed by atoms with Crippen molar-refractivity contribution in [2.75, 3.05) is 5.32 Å². The van der Waals surface area contributed by atoms with E-state index in [-0.39, 0.29) is 11.7 Å². The van der Waals surface area contributed by atoms with Gasteiger partial charge < -0.3 is 14.9 Å². The van der Waals surface area contributed by atoms with Crippen LogP contribution in [0.2, 0.25) is 0 Å². The average Bonchev–Trinajstić information content (AvgIpc) is 3.09. The first kappa shape index (κ1) is 10.8. The highest BCUT2D eigenvalue weighted by molar-refractivity contribution is 6.04. The molecule has 1 aliphatic carbocycles. The topological polar surface area (TPSA) is 75.4 Å². The van der Waals surface area contributed by atoms with Crippen LogP contribution in [-0.2, 0) is 0 Å². The van der Waals surface area contributed by atoms with Gasteiger partial charge in [-0.2, -0.15) is 0 Å². The van der Waals surface area contributed by atoms with Crippen LogP contribution in [0.4, 0.5) is 5.69 Å². The van der Waals surface area contributed by atoms with E-state index in [0.717, 1.165) is 12.8 Å². The Balaban J connectivity index is 1.78. The lowest BCUT2D eigenvalue weighted by Crippen LogP contribution is -2.12. The van der Waals surface area contributed by atoms with E-state index in [1.807, 2.05) is 0 Å². The highest BCUT2D eigenvalue weighted by Crippen LogP contribution is 2.41. The zero-order chi connectivity index (χ0) is 12.5. The molecule has 5 heteroatoms. The van der Waals surface area contributed by atoms with Gasteiger partial charge in [-0.3, -0.25) is 4.79 Å². The van der Waals surface area contributed by atoms with Crippen LogP contribution >= 0.6 is 0 Å². The van der Waals surface area contributed by atoms with Crippen molar-refractivity contribution < 1.29 is 14.4 Å². The van der Waals surface area contributed by atoms with Crippen LogP contribution in [0.25, 0.3) is 0 Å². The molecule has 0 bridgehead atoms. The number of carbonyl (C=O) groups excluding carboxylic acids is 1. The third kappa shape index (κ3) is 2.07. The van der Waals surface area contributed by atoms with E-state index in [0.29, 0.717) is 22.9 Å². The Labute approximate surface area is 103 Å². The summed E-state index contributed by atoms with van der Waals surface area (Å²) in [5, 5.41) is 15.6. The van der Waals surface area contributed by atoms with Crippen molar-refractivity contribution in [2.24, 2.45) is 0 Å². The summed E-state index contributed by atoms with van der Waals surface area (Å²) < 4.78 is 5.12. The van der Waals surface area contributed by atoms with Crippen molar-refractivity contribution in [2.45, 2.75) is 18.8 Å². The van der Waals surface area contributed by atoms with Gasteiger partial charge in [0.15, 0.2) is 5.76 Å². The van der Waals surface area contributed by atoms with Crippen LogP contribution in [0.15, 0.2) is 35.0 Å². The summed E-state index contributed by atoms with van der Waals surface area (Å²) in [6.07, 6.45) is 3.55. The molecule has 0 unspecified atom stereocenters. The number of amides is 1. The largest absolute Gasteiger partial charge is 0.508 e. The second-order valence-electron chi connectivity index (χ2n) is 4.38. The van der Waals surface area contributed by atoms with Gasteiger partial charge >= 0.3 is 0 Å². The molecule has 1 amide bonds. The number of rotatable bonds is 3. The minimum Gasteiger partial charge on any atom is -0.508 e. The molecule has 0 spiro atoms. The fraction of sp³-hybridized carbons (Fsp3) is 0.231. The van der Waals surface area contributed by atoms with Crippen molar-refractivity contribution in [3.8, 4) is 5.75 Å². The molecule has 1 saturated carbocycles. The highest BCUT2D eigenvalue weighted by Gasteiger charge is 2.32. The van der Waals surface area contributed by atoms with Crippen LogP contribution in [-0.4, -0.2) is 16.2 Å². The van der Waals surface area contributed by atoms with Gasteiger partial charge in [0, 0.05) is 11.6 Å². The van der Waals surface area contributed by atoms with Crippen molar-refractivity contribution in [3.05, 3.63) is 41.8 Å². The number of aromatic hydroxyl groups is 1. The van der Waals surface area contributed by atoms with Crippen LogP contribution in [0.1, 0.15) is 34.9 Å². The summed E-state index contributed by atoms with van der Waals surface area (Å²) in [7, 11) is 0. The molecule has 1 heterocycles. The van der Waals surface area contributed by atoms with E-state index in [2.05, 4.69) is 10.5 Å². The number of hydrogen-bond acceptors (Lipinski definition) is 4. The number of carbonyl (C=O) groups is 1. The first-order valence-corrected chi connectivity index (χ1v) is 5.79. The zero-order valence-electron chi connectivity index (χ0n) is 9.59. The van der Waals surface area contributed by atoms with Crippen LogP contribution in [0, 0.1) is 0 Å². The first-order chi connectivity index (χ1) is 8.74. The molecule has 0 radical (unpaired) electrons. The Morgan fingerprint density at radius 3 is 2.72 bits per heavy atom. The van der Waals surface area contributed by atoms with Gasteiger partial charge in [0.25, 0.3) is 5.91 Å². The van der Waals surface area contributed by atoms with E-state index in [1.165, 1.54) is 18.3 Å². The molecule has 2 N–H and O–H groups in total. The van der Waals surface area contributed by atoms with E-state index in [4.69, 9.17) is 9.63 Å². The van der Waals surface area contributed by atoms with E-state index in [9.17, 15) is 4.79 Å². The van der Waals surface area contributed by atoms with Gasteiger partial charge in [-0.25, -0.2) is 0 Å². The molecule has 18 heavy (non-hydrogen) atoms. The van der Waals surface area contributed by atoms with Crippen molar-refractivity contribution in [1.29, 1.82) is 0 Å². The van der Waals surface area contributed by atoms with Gasteiger partial charge in [0.1, 0.15) is 11.3 Å². The Morgan fingerprint density at radius 2 is 2.06 bits per heavy atom. The van der Waals surface area contributed by atoms with E-state index < -0.39 is 0 Å². The number of nitrogens with zero attached hydrogens (tertiary/aromatic N) is 1. The van der Waals surface area contributed by atoms with Crippen molar-refractivity contribution in [1.82, 2.24) is 5.16 Å². The highest BCUT2D eigenvalue weighted by atomic mass is 16.5. The molecule has 0 atom stereocenters. The monoisotopic (exact) mass is 244 g/mol. The number of benzene rings is 1. The third-order valence-corrected chi connectivity index (χ3v) is 2.92. The molecule has 5 nitrogen and oxygen atoms in total. The SMILES string of the molecule is O=C(Nc1ccc(O)cc1)c1cnoc1C1CC1. The Hall–Kier alpha value is -2.30. The smallest absolute Gasteiger partial charge is 0.260 e. The number of aromatic nitrogens is 1. The molecular weight excluding hydrogens is 232 g/mol. The Bertz CT molecular complexity index is 570. The summed E-state index contributed by atoms with van der Waals surface area (Å²) in [5.41, 5.74) is 1.12. The number of hydrogen-bond donors (Lipinski definition) is 2. The van der Waals surface area contributed by atoms with Gasteiger partial charge in [-0.1, -0.05) is 5.16 Å². The minimum atomic E-state index is -0.233. The summed E-state index contributed by atoms with van der Waals surface area (Å²) in [4.78, 5) is 12.0. The minimum absolute atomic E-state index is 0.164. The van der Waals surface area contributed by atoms with Crippen molar-refractivity contribution in [3.63, 3.8) is 0 Å². The summed E-state index contributed by atoms with van der Waals surface area (Å²) >= 11 is 0. The third-order valence-electron chi connectivity index (χ3n) is 2.92. The number of phenolic OH excluding ortho intramolecular Hbond substituents is 1. The number of anilines is 1. The van der Waals surface area contributed by atoms with E-state index in [1.54, 1.807) is 12.1 Å². The summed E-state index contributed by atoms with van der Waals surface area (Å²) in [6, 6.07) is 6.31. The lowest BCUT2D eigenvalue weighted by molar-refractivity contribution is 0.102.